The molecule has 1 aromatic carbocycles. The quantitative estimate of drug-likeness (QED) is 0.810. The van der Waals surface area contributed by atoms with Crippen LogP contribution in [-0.4, -0.2) is 19.6 Å². The third kappa shape index (κ3) is 3.93. The summed E-state index contributed by atoms with van der Waals surface area (Å²) < 4.78 is 13.4. The topological polar surface area (TPSA) is 15.3 Å². The zero-order valence-electron chi connectivity index (χ0n) is 12.2. The third-order valence-electron chi connectivity index (χ3n) is 3.65. The molecule has 0 heterocycles. The predicted molar refractivity (Wildman–Crippen MR) is 79.0 cm³/mol. The van der Waals surface area contributed by atoms with Gasteiger partial charge in [0.25, 0.3) is 0 Å². The monoisotopic (exact) mass is 264 g/mol. The normalized spacial score (nSPS) is 15.0. The van der Waals surface area contributed by atoms with Gasteiger partial charge in [-0.3, -0.25) is 0 Å². The second-order valence-corrected chi connectivity index (χ2v) is 5.91. The Kier molecular flexibility index (Phi) is 4.81. The van der Waals surface area contributed by atoms with Gasteiger partial charge in [0.05, 0.1) is 0 Å². The first kappa shape index (κ1) is 14.3. The van der Waals surface area contributed by atoms with Crippen LogP contribution in [0.3, 0.4) is 0 Å². The molecule has 2 nitrogen and oxygen atoms in total. The number of rotatable bonds is 7. The van der Waals surface area contributed by atoms with Gasteiger partial charge in [0, 0.05) is 24.8 Å². The summed E-state index contributed by atoms with van der Waals surface area (Å²) in [6.45, 7) is 6.30. The van der Waals surface area contributed by atoms with E-state index in [1.807, 2.05) is 13.1 Å². The molecule has 3 heteroatoms. The number of benzene rings is 1. The molecule has 0 aliphatic heterocycles. The average molecular weight is 264 g/mol. The molecule has 1 aliphatic carbocycles. The number of hydrogen-bond acceptors (Lipinski definition) is 2. The largest absolute Gasteiger partial charge is 0.368 e. The van der Waals surface area contributed by atoms with Crippen LogP contribution in [-0.2, 0) is 6.54 Å². The van der Waals surface area contributed by atoms with Crippen LogP contribution in [0.2, 0.25) is 0 Å². The number of halogens is 1. The van der Waals surface area contributed by atoms with Crippen molar-refractivity contribution in [2.24, 2.45) is 5.92 Å². The first-order valence-electron chi connectivity index (χ1n) is 7.31. The Bertz CT molecular complexity index is 413. The molecule has 106 valence electrons. The maximum atomic E-state index is 13.4. The fraction of sp³-hybridized carbons (Fsp3) is 0.625. The molecule has 0 bridgehead atoms. The van der Waals surface area contributed by atoms with Crippen molar-refractivity contribution < 1.29 is 4.39 Å². The zero-order chi connectivity index (χ0) is 13.8. The SMILES string of the molecule is CNCc1cc(F)ccc1N(CCC(C)C)C1CC1. The van der Waals surface area contributed by atoms with Gasteiger partial charge in [-0.05, 0) is 56.0 Å². The Morgan fingerprint density at radius 1 is 1.37 bits per heavy atom. The zero-order valence-corrected chi connectivity index (χ0v) is 12.2. The maximum absolute atomic E-state index is 13.4. The molecule has 0 radical (unpaired) electrons. The van der Waals surface area contributed by atoms with Gasteiger partial charge in [0.1, 0.15) is 5.82 Å². The van der Waals surface area contributed by atoms with Gasteiger partial charge in [-0.25, -0.2) is 4.39 Å². The summed E-state index contributed by atoms with van der Waals surface area (Å²) >= 11 is 0. The first-order valence-corrected chi connectivity index (χ1v) is 7.31. The first-order chi connectivity index (χ1) is 9.11. The molecule has 2 rings (SSSR count). The summed E-state index contributed by atoms with van der Waals surface area (Å²) in [7, 11) is 1.91. The highest BCUT2D eigenvalue weighted by Crippen LogP contribution is 2.34. The smallest absolute Gasteiger partial charge is 0.123 e. The van der Waals surface area contributed by atoms with E-state index in [2.05, 4.69) is 24.1 Å². The van der Waals surface area contributed by atoms with Crippen LogP contribution in [0, 0.1) is 11.7 Å². The van der Waals surface area contributed by atoms with Crippen LogP contribution < -0.4 is 10.2 Å². The van der Waals surface area contributed by atoms with Crippen molar-refractivity contribution in [2.75, 3.05) is 18.5 Å². The summed E-state index contributed by atoms with van der Waals surface area (Å²) in [5, 5.41) is 3.14. The Balaban J connectivity index is 2.19. The predicted octanol–water partition coefficient (Wildman–Crippen LogP) is 3.56. The van der Waals surface area contributed by atoms with Crippen molar-refractivity contribution in [1.29, 1.82) is 0 Å². The standard InChI is InChI=1S/C16H25FN2/c1-12(2)8-9-19(15-5-6-15)16-7-4-14(17)10-13(16)11-18-3/h4,7,10,12,15,18H,5-6,8-9,11H2,1-3H3. The molecule has 0 atom stereocenters. The van der Waals surface area contributed by atoms with E-state index in [4.69, 9.17) is 0 Å². The lowest BCUT2D eigenvalue weighted by molar-refractivity contribution is 0.568. The molecule has 0 aromatic heterocycles. The molecule has 1 saturated carbocycles. The van der Waals surface area contributed by atoms with E-state index in [1.54, 1.807) is 12.1 Å². The summed E-state index contributed by atoms with van der Waals surface area (Å²) in [5.41, 5.74) is 2.28. The van der Waals surface area contributed by atoms with Crippen molar-refractivity contribution in [2.45, 2.75) is 45.7 Å². The van der Waals surface area contributed by atoms with E-state index in [-0.39, 0.29) is 5.82 Å². The van der Waals surface area contributed by atoms with Gasteiger partial charge in [-0.1, -0.05) is 13.8 Å². The van der Waals surface area contributed by atoms with Gasteiger partial charge >= 0.3 is 0 Å². The number of anilines is 1. The van der Waals surface area contributed by atoms with E-state index < -0.39 is 0 Å². The van der Waals surface area contributed by atoms with Crippen molar-refractivity contribution in [3.8, 4) is 0 Å². The van der Waals surface area contributed by atoms with E-state index in [0.29, 0.717) is 12.0 Å². The molecule has 1 N–H and O–H groups in total. The van der Waals surface area contributed by atoms with Crippen LogP contribution in [0.15, 0.2) is 18.2 Å². The fourth-order valence-corrected chi connectivity index (χ4v) is 2.45. The average Bonchev–Trinajstić information content (AvgIpc) is 3.16. The second-order valence-electron chi connectivity index (χ2n) is 5.91. The van der Waals surface area contributed by atoms with E-state index in [0.717, 1.165) is 18.7 Å². The molecular weight excluding hydrogens is 239 g/mol. The van der Waals surface area contributed by atoms with Crippen molar-refractivity contribution in [3.63, 3.8) is 0 Å². The Labute approximate surface area is 116 Å². The highest BCUT2D eigenvalue weighted by Gasteiger charge is 2.30. The van der Waals surface area contributed by atoms with Gasteiger partial charge in [0.15, 0.2) is 0 Å². The fourth-order valence-electron chi connectivity index (χ4n) is 2.45. The molecular formula is C16H25FN2. The van der Waals surface area contributed by atoms with Gasteiger partial charge in [0.2, 0.25) is 0 Å². The summed E-state index contributed by atoms with van der Waals surface area (Å²) in [5.74, 6) is 0.558. The minimum absolute atomic E-state index is 0.145. The Morgan fingerprint density at radius 3 is 2.68 bits per heavy atom. The molecule has 19 heavy (non-hydrogen) atoms. The lowest BCUT2D eigenvalue weighted by Gasteiger charge is -2.28. The van der Waals surface area contributed by atoms with E-state index in [9.17, 15) is 4.39 Å². The second kappa shape index (κ2) is 6.38. The minimum Gasteiger partial charge on any atom is -0.368 e. The highest BCUT2D eigenvalue weighted by atomic mass is 19.1. The van der Waals surface area contributed by atoms with Crippen LogP contribution >= 0.6 is 0 Å². The number of nitrogens with zero attached hydrogens (tertiary/aromatic N) is 1. The maximum Gasteiger partial charge on any atom is 0.123 e. The van der Waals surface area contributed by atoms with Gasteiger partial charge in [-0.15, -0.1) is 0 Å². The molecule has 0 unspecified atom stereocenters. The molecule has 1 aromatic rings. The Hall–Kier alpha value is -1.09. The van der Waals surface area contributed by atoms with Crippen molar-refractivity contribution in [3.05, 3.63) is 29.6 Å². The number of nitrogens with one attached hydrogen (secondary N) is 1. The van der Waals surface area contributed by atoms with Crippen LogP contribution in [0.25, 0.3) is 0 Å². The summed E-state index contributed by atoms with van der Waals surface area (Å²) in [6, 6.07) is 5.86. The van der Waals surface area contributed by atoms with Crippen LogP contribution in [0.5, 0.6) is 0 Å². The van der Waals surface area contributed by atoms with Gasteiger partial charge in [-0.2, -0.15) is 0 Å². The lowest BCUT2D eigenvalue weighted by atomic mass is 10.1. The van der Waals surface area contributed by atoms with Gasteiger partial charge < -0.3 is 10.2 Å². The summed E-state index contributed by atoms with van der Waals surface area (Å²) in [6.07, 6.45) is 3.73. The highest BCUT2D eigenvalue weighted by molar-refractivity contribution is 5.55. The molecule has 0 spiro atoms. The molecule has 1 aliphatic rings. The van der Waals surface area contributed by atoms with Crippen molar-refractivity contribution >= 4 is 5.69 Å². The Morgan fingerprint density at radius 2 is 2.11 bits per heavy atom. The van der Waals surface area contributed by atoms with Crippen LogP contribution in [0.1, 0.15) is 38.7 Å². The molecule has 0 saturated heterocycles. The van der Waals surface area contributed by atoms with Crippen LogP contribution in [0.4, 0.5) is 10.1 Å². The molecule has 0 amide bonds. The number of hydrogen-bond donors (Lipinski definition) is 1. The summed E-state index contributed by atoms with van der Waals surface area (Å²) in [4.78, 5) is 2.48. The van der Waals surface area contributed by atoms with E-state index in [1.165, 1.54) is 24.9 Å². The third-order valence-corrected chi connectivity index (χ3v) is 3.65. The van der Waals surface area contributed by atoms with Crippen molar-refractivity contribution in [1.82, 2.24) is 5.32 Å². The lowest BCUT2D eigenvalue weighted by Crippen LogP contribution is -2.29. The molecule has 1 fully saturated rings. The minimum atomic E-state index is -0.145. The van der Waals surface area contributed by atoms with E-state index >= 15 is 0 Å².